The van der Waals surface area contributed by atoms with E-state index in [-0.39, 0.29) is 0 Å². The Balaban J connectivity index is 1.91. The second kappa shape index (κ2) is 6.62. The minimum absolute atomic E-state index is 0.692. The van der Waals surface area contributed by atoms with Gasteiger partial charge in [-0.1, -0.05) is 30.3 Å². The van der Waals surface area contributed by atoms with E-state index in [1.54, 1.807) is 7.11 Å². The van der Waals surface area contributed by atoms with Gasteiger partial charge in [-0.15, -0.1) is 0 Å². The third-order valence-corrected chi connectivity index (χ3v) is 3.84. The summed E-state index contributed by atoms with van der Waals surface area (Å²) in [4.78, 5) is 4.53. The molecule has 114 valence electrons. The van der Waals surface area contributed by atoms with E-state index in [1.165, 1.54) is 16.6 Å². The molecule has 0 aliphatic heterocycles. The standard InChI is InChI=1S/C18H21N3O/c1-14-12-16-8-9-19-18(17(16)21(14)10-11-22-2)20-13-15-6-4-3-5-7-15/h3-9,12H,10-11,13H2,1-2H3,(H,19,20). The van der Waals surface area contributed by atoms with Crippen LogP contribution in [-0.2, 0) is 17.8 Å². The van der Waals surface area contributed by atoms with Gasteiger partial charge in [-0.25, -0.2) is 4.98 Å². The van der Waals surface area contributed by atoms with Crippen LogP contribution in [0.1, 0.15) is 11.3 Å². The van der Waals surface area contributed by atoms with Crippen molar-refractivity contribution < 1.29 is 4.74 Å². The van der Waals surface area contributed by atoms with Crippen LogP contribution in [0.25, 0.3) is 10.9 Å². The number of pyridine rings is 1. The Morgan fingerprint density at radius 3 is 2.77 bits per heavy atom. The molecule has 0 amide bonds. The molecule has 0 saturated heterocycles. The van der Waals surface area contributed by atoms with Crippen molar-refractivity contribution in [1.82, 2.24) is 9.55 Å². The van der Waals surface area contributed by atoms with Gasteiger partial charge in [-0.05, 0) is 24.6 Å². The van der Waals surface area contributed by atoms with Gasteiger partial charge in [-0.2, -0.15) is 0 Å². The minimum atomic E-state index is 0.692. The van der Waals surface area contributed by atoms with Crippen LogP contribution in [0.3, 0.4) is 0 Å². The van der Waals surface area contributed by atoms with Gasteiger partial charge >= 0.3 is 0 Å². The molecule has 1 N–H and O–H groups in total. The number of benzene rings is 1. The molecule has 2 aromatic heterocycles. The molecule has 0 aliphatic rings. The number of nitrogens with one attached hydrogen (secondary N) is 1. The number of methoxy groups -OCH3 is 1. The van der Waals surface area contributed by atoms with Gasteiger partial charge in [0.05, 0.1) is 12.1 Å². The molecule has 0 bridgehead atoms. The number of aromatic nitrogens is 2. The van der Waals surface area contributed by atoms with E-state index in [0.29, 0.717) is 6.61 Å². The normalized spacial score (nSPS) is 11.0. The summed E-state index contributed by atoms with van der Waals surface area (Å²) < 4.78 is 7.49. The molecule has 0 atom stereocenters. The second-order valence-corrected chi connectivity index (χ2v) is 5.37. The van der Waals surface area contributed by atoms with Crippen LogP contribution in [0.15, 0.2) is 48.7 Å². The summed E-state index contributed by atoms with van der Waals surface area (Å²) in [6.07, 6.45) is 1.86. The fraction of sp³-hybridized carbons (Fsp3) is 0.278. The first-order valence-electron chi connectivity index (χ1n) is 7.51. The van der Waals surface area contributed by atoms with E-state index in [9.17, 15) is 0 Å². The molecule has 2 heterocycles. The molecule has 1 aromatic carbocycles. The Hall–Kier alpha value is -2.33. The van der Waals surface area contributed by atoms with Crippen molar-refractivity contribution >= 4 is 16.7 Å². The molecule has 22 heavy (non-hydrogen) atoms. The maximum atomic E-state index is 5.23. The fourth-order valence-electron chi connectivity index (χ4n) is 2.73. The van der Waals surface area contributed by atoms with Crippen molar-refractivity contribution in [1.29, 1.82) is 0 Å². The van der Waals surface area contributed by atoms with Gasteiger partial charge in [-0.3, -0.25) is 0 Å². The zero-order chi connectivity index (χ0) is 15.4. The molecule has 0 radical (unpaired) electrons. The molecule has 0 unspecified atom stereocenters. The molecular formula is C18H21N3O. The predicted molar refractivity (Wildman–Crippen MR) is 90.1 cm³/mol. The average molecular weight is 295 g/mol. The summed E-state index contributed by atoms with van der Waals surface area (Å²) in [5.74, 6) is 0.922. The maximum Gasteiger partial charge on any atom is 0.150 e. The van der Waals surface area contributed by atoms with Crippen LogP contribution in [0.2, 0.25) is 0 Å². The minimum Gasteiger partial charge on any atom is -0.383 e. The van der Waals surface area contributed by atoms with Crippen LogP contribution >= 0.6 is 0 Å². The van der Waals surface area contributed by atoms with Crippen LogP contribution < -0.4 is 5.32 Å². The second-order valence-electron chi connectivity index (χ2n) is 5.37. The first kappa shape index (κ1) is 14.6. The van der Waals surface area contributed by atoms with Crippen molar-refractivity contribution in [3.63, 3.8) is 0 Å². The number of nitrogens with zero attached hydrogens (tertiary/aromatic N) is 2. The van der Waals surface area contributed by atoms with E-state index in [2.05, 4.69) is 58.2 Å². The Labute approximate surface area is 130 Å². The fourth-order valence-corrected chi connectivity index (χ4v) is 2.73. The highest BCUT2D eigenvalue weighted by Gasteiger charge is 2.10. The van der Waals surface area contributed by atoms with E-state index in [0.717, 1.165) is 24.4 Å². The average Bonchev–Trinajstić information content (AvgIpc) is 2.88. The molecule has 0 fully saturated rings. The van der Waals surface area contributed by atoms with Crippen LogP contribution in [0.5, 0.6) is 0 Å². The SMILES string of the molecule is COCCn1c(C)cc2ccnc(NCc3ccccc3)c21. The Bertz CT molecular complexity index is 750. The quantitative estimate of drug-likeness (QED) is 0.755. The van der Waals surface area contributed by atoms with Crippen molar-refractivity contribution in [3.05, 3.63) is 59.9 Å². The number of ether oxygens (including phenoxy) is 1. The first-order valence-corrected chi connectivity index (χ1v) is 7.51. The highest BCUT2D eigenvalue weighted by molar-refractivity contribution is 5.90. The van der Waals surface area contributed by atoms with E-state index in [1.807, 2.05) is 12.3 Å². The number of fused-ring (bicyclic) bond motifs is 1. The Morgan fingerprint density at radius 1 is 1.18 bits per heavy atom. The molecule has 4 heteroatoms. The lowest BCUT2D eigenvalue weighted by atomic mass is 10.2. The smallest absolute Gasteiger partial charge is 0.150 e. The van der Waals surface area contributed by atoms with Gasteiger partial charge in [0.15, 0.2) is 5.82 Å². The van der Waals surface area contributed by atoms with Crippen LogP contribution in [-0.4, -0.2) is 23.3 Å². The number of aryl methyl sites for hydroxylation is 1. The van der Waals surface area contributed by atoms with Crippen molar-refractivity contribution in [2.75, 3.05) is 19.0 Å². The monoisotopic (exact) mass is 295 g/mol. The van der Waals surface area contributed by atoms with Gasteiger partial charge in [0.1, 0.15) is 0 Å². The van der Waals surface area contributed by atoms with Gasteiger partial charge in [0, 0.05) is 37.5 Å². The third-order valence-electron chi connectivity index (χ3n) is 3.84. The predicted octanol–water partition coefficient (Wildman–Crippen LogP) is 3.60. The first-order chi connectivity index (χ1) is 10.8. The van der Waals surface area contributed by atoms with Gasteiger partial charge in [0.2, 0.25) is 0 Å². The van der Waals surface area contributed by atoms with E-state index in [4.69, 9.17) is 4.74 Å². The lowest BCUT2D eigenvalue weighted by molar-refractivity contribution is 0.188. The lowest BCUT2D eigenvalue weighted by Crippen LogP contribution is -2.08. The molecule has 0 saturated carbocycles. The molecule has 3 rings (SSSR count). The van der Waals surface area contributed by atoms with Crippen LogP contribution in [0.4, 0.5) is 5.82 Å². The number of hydrogen-bond acceptors (Lipinski definition) is 3. The molecule has 0 aliphatic carbocycles. The van der Waals surface area contributed by atoms with E-state index >= 15 is 0 Å². The molecular weight excluding hydrogens is 274 g/mol. The van der Waals surface area contributed by atoms with Gasteiger partial charge in [0.25, 0.3) is 0 Å². The number of hydrogen-bond donors (Lipinski definition) is 1. The van der Waals surface area contributed by atoms with Crippen molar-refractivity contribution in [2.45, 2.75) is 20.0 Å². The molecule has 0 spiro atoms. The van der Waals surface area contributed by atoms with E-state index < -0.39 is 0 Å². The topological polar surface area (TPSA) is 39.1 Å². The highest BCUT2D eigenvalue weighted by atomic mass is 16.5. The summed E-state index contributed by atoms with van der Waals surface area (Å²) in [7, 11) is 1.73. The third kappa shape index (κ3) is 2.97. The summed E-state index contributed by atoms with van der Waals surface area (Å²) >= 11 is 0. The summed E-state index contributed by atoms with van der Waals surface area (Å²) in [5, 5.41) is 4.67. The zero-order valence-corrected chi connectivity index (χ0v) is 13.0. The van der Waals surface area contributed by atoms with Crippen LogP contribution in [0, 0.1) is 6.92 Å². The van der Waals surface area contributed by atoms with Gasteiger partial charge < -0.3 is 14.6 Å². The largest absolute Gasteiger partial charge is 0.383 e. The van der Waals surface area contributed by atoms with Crippen molar-refractivity contribution in [3.8, 4) is 0 Å². The molecule has 3 aromatic rings. The molecule has 4 nitrogen and oxygen atoms in total. The lowest BCUT2D eigenvalue weighted by Gasteiger charge is -2.12. The number of rotatable bonds is 6. The Kier molecular flexibility index (Phi) is 4.39. The van der Waals surface area contributed by atoms with Crippen molar-refractivity contribution in [2.24, 2.45) is 0 Å². The summed E-state index contributed by atoms with van der Waals surface area (Å²) in [6.45, 7) is 4.41. The highest BCUT2D eigenvalue weighted by Crippen LogP contribution is 2.25. The summed E-state index contributed by atoms with van der Waals surface area (Å²) in [5.41, 5.74) is 3.61. The Morgan fingerprint density at radius 2 is 2.00 bits per heavy atom. The maximum absolute atomic E-state index is 5.23. The zero-order valence-electron chi connectivity index (χ0n) is 13.0. The summed E-state index contributed by atoms with van der Waals surface area (Å²) in [6, 6.07) is 14.6. The number of anilines is 1.